The molecule has 0 spiro atoms. The number of ether oxygens (including phenoxy) is 8. The molecule has 1 aromatic rings. The Balaban J connectivity index is 1.14. The van der Waals surface area contributed by atoms with Crippen LogP contribution < -0.4 is 28.7 Å². The summed E-state index contributed by atoms with van der Waals surface area (Å²) in [5.41, 5.74) is 30.7. The zero-order valence-corrected chi connectivity index (χ0v) is 26.7. The van der Waals surface area contributed by atoms with Gasteiger partial charge in [-0.1, -0.05) is 6.07 Å². The van der Waals surface area contributed by atoms with Gasteiger partial charge in [-0.15, -0.1) is 11.3 Å². The summed E-state index contributed by atoms with van der Waals surface area (Å²) in [5, 5.41) is 66.0. The topological polar surface area (TPSA) is 325 Å². The van der Waals surface area contributed by atoms with Gasteiger partial charge in [0.05, 0.1) is 36.3 Å². The summed E-state index contributed by atoms with van der Waals surface area (Å²) in [6.07, 6.45) is -19.2. The predicted molar refractivity (Wildman–Crippen MR) is 161 cm³/mol. The van der Waals surface area contributed by atoms with Gasteiger partial charge in [0.25, 0.3) is 0 Å². The molecular formula is C28H47N5O14S. The Kier molecular flexibility index (Phi) is 11.7. The van der Waals surface area contributed by atoms with Gasteiger partial charge in [-0.3, -0.25) is 0 Å². The Morgan fingerprint density at radius 2 is 1.40 bits per heavy atom. The van der Waals surface area contributed by atoms with Gasteiger partial charge in [0, 0.05) is 18.6 Å². The Hall–Kier alpha value is -1.06. The van der Waals surface area contributed by atoms with E-state index in [2.05, 4.69) is 0 Å². The molecule has 1 saturated carbocycles. The number of aliphatic hydroxyl groups excluding tert-OH is 6. The van der Waals surface area contributed by atoms with Crippen LogP contribution >= 0.6 is 11.3 Å². The maximum Gasteiger partial charge on any atom is 0.193 e. The Morgan fingerprint density at radius 3 is 2.08 bits per heavy atom. The molecule has 0 bridgehead atoms. The largest absolute Gasteiger partial charge is 0.394 e. The lowest BCUT2D eigenvalue weighted by Gasteiger charge is -2.49. The second-order valence-corrected chi connectivity index (χ2v) is 13.8. The molecule has 20 heteroatoms. The first-order valence-corrected chi connectivity index (χ1v) is 16.8. The molecule has 0 aromatic carbocycles. The highest BCUT2D eigenvalue weighted by Gasteiger charge is 2.55. The molecule has 1 aliphatic carbocycles. The molecule has 5 heterocycles. The molecule has 1 aromatic heterocycles. The third-order valence-electron chi connectivity index (χ3n) is 9.58. The summed E-state index contributed by atoms with van der Waals surface area (Å²) < 4.78 is 47.4. The Morgan fingerprint density at radius 1 is 0.729 bits per heavy atom. The monoisotopic (exact) mass is 709 g/mol. The zero-order chi connectivity index (χ0) is 34.4. The van der Waals surface area contributed by atoms with Crippen molar-refractivity contribution >= 4 is 11.3 Å². The van der Waals surface area contributed by atoms with Crippen LogP contribution in [0.15, 0.2) is 17.5 Å². The van der Waals surface area contributed by atoms with Crippen molar-refractivity contribution in [3.05, 3.63) is 22.4 Å². The quantitative estimate of drug-likeness (QED) is 0.114. The molecule has 5 fully saturated rings. The van der Waals surface area contributed by atoms with Gasteiger partial charge >= 0.3 is 0 Å². The van der Waals surface area contributed by atoms with E-state index in [0.717, 1.165) is 4.88 Å². The molecule has 5 aliphatic rings. The van der Waals surface area contributed by atoms with Crippen molar-refractivity contribution in [2.24, 2.45) is 28.7 Å². The van der Waals surface area contributed by atoms with E-state index >= 15 is 0 Å². The van der Waals surface area contributed by atoms with Crippen molar-refractivity contribution < 1.29 is 68.5 Å². The van der Waals surface area contributed by atoms with Crippen LogP contribution in [0, 0.1) is 0 Å². The highest BCUT2D eigenvalue weighted by molar-refractivity contribution is 7.10. The molecule has 4 aliphatic heterocycles. The minimum atomic E-state index is -1.59. The van der Waals surface area contributed by atoms with E-state index < -0.39 is 129 Å². The SMILES string of the molecule is NC[C@H]1O[C@@H](O[C@H]2[C@@H](O)[C@H](O[C@H]3[C@H](O)[C@@H](N)C[C@@H](N)[C@@H]3O[C@H]3O[C@@H]4CO[C@@H](c5cccs5)O[C@H]4[C@H](O)[C@H]3N)O[C@@H]2CO)[C@@H](N)[C@H](O)[C@H]1O. The lowest BCUT2D eigenvalue weighted by atomic mass is 9.84. The minimum absolute atomic E-state index is 0.0729. The molecule has 274 valence electrons. The lowest BCUT2D eigenvalue weighted by Crippen LogP contribution is -2.69. The average Bonchev–Trinajstić information content (AvgIpc) is 3.72. The highest BCUT2D eigenvalue weighted by atomic mass is 32.1. The number of aliphatic hydroxyl groups is 6. The predicted octanol–water partition coefficient (Wildman–Crippen LogP) is -6.04. The van der Waals surface area contributed by atoms with E-state index in [4.69, 9.17) is 66.6 Å². The van der Waals surface area contributed by atoms with Crippen molar-refractivity contribution in [1.29, 1.82) is 0 Å². The molecule has 20 atom stereocenters. The molecular weight excluding hydrogens is 662 g/mol. The van der Waals surface area contributed by atoms with Crippen LogP contribution in [-0.2, 0) is 37.9 Å². The number of hydrogen-bond acceptors (Lipinski definition) is 20. The molecule has 0 amide bonds. The fourth-order valence-electron chi connectivity index (χ4n) is 6.78. The Bertz CT molecular complexity index is 1180. The standard InChI is InChI=1S/C28H47N5O14S/c29-5-10-17(36)18(37)14(32)26(41-10)46-22-11(6-34)42-28(20(22)39)47-24-16(35)8(30)4-9(31)21(24)44-27-15(33)19(38)23-12(43-27)7-40-25(45-23)13-2-1-3-48-13/h1-3,8-12,14-28,34-39H,4-7,29-33H2/t8-,9+,10+,11+,12+,14-,15+,16+,17-,18-,19+,20+,21-,22+,23+,24-,25+,26-,27+,28-/m0/s1. The highest BCUT2D eigenvalue weighted by Crippen LogP contribution is 2.38. The van der Waals surface area contributed by atoms with Gasteiger partial charge in [-0.05, 0) is 17.9 Å². The minimum Gasteiger partial charge on any atom is -0.394 e. The number of nitrogens with two attached hydrogens (primary N) is 5. The first-order valence-electron chi connectivity index (χ1n) is 15.9. The van der Waals surface area contributed by atoms with Crippen LogP contribution in [0.5, 0.6) is 0 Å². The number of fused-ring (bicyclic) bond motifs is 1. The van der Waals surface area contributed by atoms with E-state index in [9.17, 15) is 30.6 Å². The van der Waals surface area contributed by atoms with Gasteiger partial charge in [0.2, 0.25) is 0 Å². The summed E-state index contributed by atoms with van der Waals surface area (Å²) in [6.45, 7) is -0.721. The molecule has 6 rings (SSSR count). The van der Waals surface area contributed by atoms with Crippen LogP contribution in [0.25, 0.3) is 0 Å². The first-order chi connectivity index (χ1) is 22.9. The van der Waals surface area contributed by atoms with Crippen LogP contribution in [-0.4, -0.2) is 167 Å². The van der Waals surface area contributed by atoms with E-state index in [1.165, 1.54) is 11.3 Å². The van der Waals surface area contributed by atoms with Crippen LogP contribution in [0.2, 0.25) is 0 Å². The summed E-state index contributed by atoms with van der Waals surface area (Å²) in [5.74, 6) is 0. The van der Waals surface area contributed by atoms with Crippen molar-refractivity contribution in [2.75, 3.05) is 19.8 Å². The van der Waals surface area contributed by atoms with Gasteiger partial charge in [-0.2, -0.15) is 0 Å². The number of hydrogen-bond donors (Lipinski definition) is 11. The van der Waals surface area contributed by atoms with Crippen LogP contribution in [0.3, 0.4) is 0 Å². The van der Waals surface area contributed by atoms with Gasteiger partial charge in [0.1, 0.15) is 67.1 Å². The third kappa shape index (κ3) is 7.05. The summed E-state index contributed by atoms with van der Waals surface area (Å²) in [6, 6.07) is -0.314. The molecule has 0 radical (unpaired) electrons. The van der Waals surface area contributed by atoms with Gasteiger partial charge in [-0.25, -0.2) is 0 Å². The maximum atomic E-state index is 11.3. The fourth-order valence-corrected chi connectivity index (χ4v) is 7.48. The lowest BCUT2D eigenvalue weighted by molar-refractivity contribution is -0.355. The second kappa shape index (κ2) is 15.3. The maximum absolute atomic E-state index is 11.3. The fraction of sp³-hybridized carbons (Fsp3) is 0.857. The van der Waals surface area contributed by atoms with Crippen LogP contribution in [0.1, 0.15) is 17.6 Å². The van der Waals surface area contributed by atoms with E-state index in [1.54, 1.807) is 0 Å². The van der Waals surface area contributed by atoms with Crippen molar-refractivity contribution in [2.45, 2.75) is 129 Å². The van der Waals surface area contributed by atoms with Crippen LogP contribution in [0.4, 0.5) is 0 Å². The van der Waals surface area contributed by atoms with Crippen molar-refractivity contribution in [3.63, 3.8) is 0 Å². The van der Waals surface area contributed by atoms with E-state index in [0.29, 0.717) is 0 Å². The second-order valence-electron chi connectivity index (χ2n) is 12.8. The van der Waals surface area contributed by atoms with Crippen molar-refractivity contribution in [3.8, 4) is 0 Å². The number of rotatable bonds is 9. The van der Waals surface area contributed by atoms with Gasteiger partial charge in [0.15, 0.2) is 25.2 Å². The van der Waals surface area contributed by atoms with Gasteiger partial charge < -0.3 is 97.2 Å². The molecule has 48 heavy (non-hydrogen) atoms. The first kappa shape index (κ1) is 36.7. The average molecular weight is 710 g/mol. The zero-order valence-electron chi connectivity index (χ0n) is 25.9. The summed E-state index contributed by atoms with van der Waals surface area (Å²) in [4.78, 5) is 0.823. The van der Waals surface area contributed by atoms with Crippen molar-refractivity contribution in [1.82, 2.24) is 0 Å². The summed E-state index contributed by atoms with van der Waals surface area (Å²) in [7, 11) is 0. The molecule has 16 N–H and O–H groups in total. The molecule has 0 unspecified atom stereocenters. The number of thiophene rings is 1. The van der Waals surface area contributed by atoms with E-state index in [1.807, 2.05) is 17.5 Å². The molecule has 19 nitrogen and oxygen atoms in total. The normalized spacial score (nSPS) is 51.5. The van der Waals surface area contributed by atoms with E-state index in [-0.39, 0.29) is 19.6 Å². The Labute approximate surface area is 279 Å². The third-order valence-corrected chi connectivity index (χ3v) is 10.5. The molecule has 4 saturated heterocycles. The smallest absolute Gasteiger partial charge is 0.193 e. The summed E-state index contributed by atoms with van der Waals surface area (Å²) >= 11 is 1.44.